The molecule has 3 aromatic rings. The first kappa shape index (κ1) is 18.5. The van der Waals surface area contributed by atoms with Crippen molar-refractivity contribution >= 4 is 43.0 Å². The van der Waals surface area contributed by atoms with E-state index in [0.717, 1.165) is 44.1 Å². The molecule has 140 valence electrons. The van der Waals surface area contributed by atoms with Gasteiger partial charge in [-0.25, -0.2) is 8.42 Å². The van der Waals surface area contributed by atoms with E-state index < -0.39 is 21.8 Å². The average Bonchev–Trinajstić information content (AvgIpc) is 3.02. The van der Waals surface area contributed by atoms with Gasteiger partial charge in [0.2, 0.25) is 0 Å². The molecule has 3 nitrogen and oxygen atoms in total. The number of hydrogen-bond acceptors (Lipinski definition) is 3. The van der Waals surface area contributed by atoms with Crippen LogP contribution in [0, 0.1) is 0 Å². The number of nitrogens with zero attached hydrogens (tertiary/aromatic N) is 1. The molecule has 0 fully saturated rings. The minimum absolute atomic E-state index is 0.121. The molecule has 9 heteroatoms. The molecule has 4 rings (SSSR count). The minimum Gasteiger partial charge on any atom is -0.260 e. The minimum atomic E-state index is -4.52. The van der Waals surface area contributed by atoms with Crippen LogP contribution < -0.4 is 4.31 Å². The van der Waals surface area contributed by atoms with Crippen LogP contribution >= 0.6 is 27.3 Å². The molecular weight excluding hydrogens is 463 g/mol. The fourth-order valence-corrected chi connectivity index (χ4v) is 6.16. The highest BCUT2D eigenvalue weighted by molar-refractivity contribution is 9.11. The van der Waals surface area contributed by atoms with E-state index >= 15 is 0 Å². The summed E-state index contributed by atoms with van der Waals surface area (Å²) in [5.41, 5.74) is 1.44. The van der Waals surface area contributed by atoms with E-state index in [4.69, 9.17) is 0 Å². The van der Waals surface area contributed by atoms with Crippen LogP contribution in [0.4, 0.5) is 18.9 Å². The van der Waals surface area contributed by atoms with Gasteiger partial charge in [-0.3, -0.25) is 4.31 Å². The molecule has 0 N–H and O–H groups in total. The van der Waals surface area contributed by atoms with Gasteiger partial charge in [-0.15, -0.1) is 11.3 Å². The summed E-state index contributed by atoms with van der Waals surface area (Å²) in [7, 11) is -4.02. The molecule has 1 aromatic heterocycles. The van der Waals surface area contributed by atoms with Gasteiger partial charge >= 0.3 is 6.18 Å². The number of hydrogen-bond donors (Lipinski definition) is 0. The standard InChI is InChI=1S/C18H11BrF3NO2S2/c19-16-9-15-17(26-16)14-4-2-1-3-11(14)10-23(15)27(24,25)13-7-5-12(6-8-13)18(20,21)22/h1-9H,10H2. The molecule has 0 saturated carbocycles. The maximum Gasteiger partial charge on any atom is 0.416 e. The SMILES string of the molecule is O=S(=O)(c1ccc(C(F)(F)F)cc1)N1Cc2ccccc2-c2sc(Br)cc21. The molecule has 0 spiro atoms. The number of benzene rings is 2. The molecule has 1 aliphatic rings. The zero-order valence-electron chi connectivity index (χ0n) is 13.5. The Bertz CT molecular complexity index is 1120. The van der Waals surface area contributed by atoms with Gasteiger partial charge in [0.15, 0.2) is 0 Å². The summed E-state index contributed by atoms with van der Waals surface area (Å²) < 4.78 is 66.7. The largest absolute Gasteiger partial charge is 0.416 e. The topological polar surface area (TPSA) is 37.4 Å². The number of halogens is 4. The third-order valence-electron chi connectivity index (χ3n) is 4.30. The molecule has 0 radical (unpaired) electrons. The predicted molar refractivity (Wildman–Crippen MR) is 102 cm³/mol. The third-order valence-corrected chi connectivity index (χ3v) is 7.73. The highest BCUT2D eigenvalue weighted by Gasteiger charge is 2.35. The van der Waals surface area contributed by atoms with E-state index in [-0.39, 0.29) is 11.4 Å². The Balaban J connectivity index is 1.81. The lowest BCUT2D eigenvalue weighted by Gasteiger charge is -2.30. The summed E-state index contributed by atoms with van der Waals surface area (Å²) in [6.07, 6.45) is -4.52. The van der Waals surface area contributed by atoms with Gasteiger partial charge in [0.1, 0.15) is 0 Å². The molecule has 27 heavy (non-hydrogen) atoms. The van der Waals surface area contributed by atoms with Crippen LogP contribution in [0.2, 0.25) is 0 Å². The van der Waals surface area contributed by atoms with Gasteiger partial charge < -0.3 is 0 Å². The smallest absolute Gasteiger partial charge is 0.260 e. The summed E-state index contributed by atoms with van der Waals surface area (Å²) in [6.45, 7) is 0.121. The van der Waals surface area contributed by atoms with Gasteiger partial charge in [-0.2, -0.15) is 13.2 Å². The number of fused-ring (bicyclic) bond motifs is 3. The van der Waals surface area contributed by atoms with Gasteiger partial charge in [0.25, 0.3) is 10.0 Å². The number of anilines is 1. The lowest BCUT2D eigenvalue weighted by atomic mass is 10.0. The summed E-state index contributed by atoms with van der Waals surface area (Å²) >= 11 is 4.81. The van der Waals surface area contributed by atoms with Crippen LogP contribution in [0.1, 0.15) is 11.1 Å². The fourth-order valence-electron chi connectivity index (χ4n) is 3.01. The molecule has 2 aromatic carbocycles. The quantitative estimate of drug-likeness (QED) is 0.464. The van der Waals surface area contributed by atoms with E-state index in [9.17, 15) is 21.6 Å². The van der Waals surface area contributed by atoms with Gasteiger partial charge in [0, 0.05) is 0 Å². The number of alkyl halides is 3. The summed E-state index contributed by atoms with van der Waals surface area (Å²) in [6, 6.07) is 12.8. The van der Waals surface area contributed by atoms with Gasteiger partial charge in [-0.05, 0) is 57.4 Å². The van der Waals surface area contributed by atoms with Crippen LogP contribution in [0.3, 0.4) is 0 Å². The molecule has 0 aliphatic carbocycles. The highest BCUT2D eigenvalue weighted by Crippen LogP contribution is 2.48. The van der Waals surface area contributed by atoms with Crippen LogP contribution in [-0.2, 0) is 22.7 Å². The Hall–Kier alpha value is -1.84. The van der Waals surface area contributed by atoms with Crippen molar-refractivity contribution in [3.63, 3.8) is 0 Å². The number of thiophene rings is 1. The van der Waals surface area contributed by atoms with Crippen LogP contribution in [-0.4, -0.2) is 8.42 Å². The van der Waals surface area contributed by atoms with Crippen LogP contribution in [0.25, 0.3) is 10.4 Å². The monoisotopic (exact) mass is 473 g/mol. The molecule has 1 aliphatic heterocycles. The van der Waals surface area contributed by atoms with Crippen molar-refractivity contribution in [2.24, 2.45) is 0 Å². The zero-order chi connectivity index (χ0) is 19.4. The molecule has 0 bridgehead atoms. The number of sulfonamides is 1. The van der Waals surface area contributed by atoms with Gasteiger partial charge in [0.05, 0.1) is 31.4 Å². The Labute approximate surface area is 166 Å². The maximum atomic E-state index is 13.2. The molecule has 2 heterocycles. The second kappa shape index (κ2) is 6.35. The van der Waals surface area contributed by atoms with E-state index in [1.165, 1.54) is 15.6 Å². The van der Waals surface area contributed by atoms with Crippen molar-refractivity contribution in [3.8, 4) is 10.4 Å². The normalized spacial score (nSPS) is 14.0. The van der Waals surface area contributed by atoms with Crippen LogP contribution in [0.15, 0.2) is 63.3 Å². The third kappa shape index (κ3) is 3.17. The first-order valence-electron chi connectivity index (χ1n) is 7.75. The van der Waals surface area contributed by atoms with Crippen molar-refractivity contribution in [1.82, 2.24) is 0 Å². The lowest BCUT2D eigenvalue weighted by molar-refractivity contribution is -0.137. The molecule has 0 unspecified atom stereocenters. The Morgan fingerprint density at radius 3 is 2.37 bits per heavy atom. The van der Waals surface area contributed by atoms with Crippen molar-refractivity contribution < 1.29 is 21.6 Å². The fraction of sp³-hybridized carbons (Fsp3) is 0.111. The number of rotatable bonds is 2. The first-order valence-corrected chi connectivity index (χ1v) is 10.8. The molecule has 0 amide bonds. The van der Waals surface area contributed by atoms with Gasteiger partial charge in [-0.1, -0.05) is 24.3 Å². The predicted octanol–water partition coefficient (Wildman–Crippen LogP) is 5.91. The van der Waals surface area contributed by atoms with Crippen molar-refractivity contribution in [2.75, 3.05) is 4.31 Å². The molecule has 0 atom stereocenters. The molecular formula is C18H11BrF3NO2S2. The van der Waals surface area contributed by atoms with Crippen molar-refractivity contribution in [3.05, 3.63) is 69.5 Å². The van der Waals surface area contributed by atoms with E-state index in [1.54, 1.807) is 6.07 Å². The zero-order valence-corrected chi connectivity index (χ0v) is 16.7. The maximum absolute atomic E-state index is 13.2. The van der Waals surface area contributed by atoms with Crippen LogP contribution in [0.5, 0.6) is 0 Å². The Morgan fingerprint density at radius 1 is 1.04 bits per heavy atom. The van der Waals surface area contributed by atoms with Crippen molar-refractivity contribution in [1.29, 1.82) is 0 Å². The van der Waals surface area contributed by atoms with Crippen molar-refractivity contribution in [2.45, 2.75) is 17.6 Å². The van der Waals surface area contributed by atoms with E-state index in [2.05, 4.69) is 15.9 Å². The second-order valence-corrected chi connectivity index (χ2v) is 10.2. The summed E-state index contributed by atoms with van der Waals surface area (Å²) in [4.78, 5) is 0.627. The second-order valence-electron chi connectivity index (χ2n) is 5.96. The summed E-state index contributed by atoms with van der Waals surface area (Å²) in [5, 5.41) is 0. The highest BCUT2D eigenvalue weighted by atomic mass is 79.9. The van der Waals surface area contributed by atoms with E-state index in [1.807, 2.05) is 24.3 Å². The summed E-state index contributed by atoms with van der Waals surface area (Å²) in [5.74, 6) is 0. The Morgan fingerprint density at radius 2 is 1.70 bits per heavy atom. The Kier molecular flexibility index (Phi) is 4.36. The molecule has 0 saturated heterocycles. The first-order chi connectivity index (χ1) is 12.7. The lowest BCUT2D eigenvalue weighted by Crippen LogP contribution is -2.32. The average molecular weight is 474 g/mol. The van der Waals surface area contributed by atoms with E-state index in [0.29, 0.717) is 5.69 Å².